The number of rotatable bonds is 2. The van der Waals surface area contributed by atoms with Crippen molar-refractivity contribution in [3.63, 3.8) is 0 Å². The molecule has 1 saturated carbocycles. The number of allylic oxidation sites excluding steroid dienone is 1. The predicted octanol–water partition coefficient (Wildman–Crippen LogP) is 2.04. The zero-order valence-corrected chi connectivity index (χ0v) is 12.3. The van der Waals surface area contributed by atoms with Crippen LogP contribution in [0, 0.1) is 0 Å². The summed E-state index contributed by atoms with van der Waals surface area (Å²) in [5.74, 6) is 0. The van der Waals surface area contributed by atoms with Gasteiger partial charge in [-0.15, -0.1) is 0 Å². The van der Waals surface area contributed by atoms with Gasteiger partial charge in [-0.25, -0.2) is 0 Å². The molecule has 0 aromatic heterocycles. The van der Waals surface area contributed by atoms with Gasteiger partial charge in [-0.1, -0.05) is 18.9 Å². The molecule has 4 nitrogen and oxygen atoms in total. The van der Waals surface area contributed by atoms with E-state index in [1.165, 1.54) is 6.42 Å². The van der Waals surface area contributed by atoms with Crippen LogP contribution in [0.5, 0.6) is 0 Å². The van der Waals surface area contributed by atoms with Crippen molar-refractivity contribution in [2.75, 3.05) is 14.2 Å². The Morgan fingerprint density at radius 2 is 1.63 bits per heavy atom. The van der Waals surface area contributed by atoms with Gasteiger partial charge in [-0.2, -0.15) is 0 Å². The third-order valence-electron chi connectivity index (χ3n) is 4.01. The fourth-order valence-electron chi connectivity index (χ4n) is 2.65. The van der Waals surface area contributed by atoms with Crippen LogP contribution in [0.3, 0.4) is 0 Å². The number of hydrogen-bond acceptors (Lipinski definition) is 4. The molecule has 0 heterocycles. The molecule has 0 radical (unpaired) electrons. The van der Waals surface area contributed by atoms with Crippen LogP contribution in [0.15, 0.2) is 11.6 Å². The lowest BCUT2D eigenvalue weighted by Crippen LogP contribution is -2.31. The smallest absolute Gasteiger partial charge is 0.101 e. The highest BCUT2D eigenvalue weighted by atomic mass is 16.5. The van der Waals surface area contributed by atoms with Crippen molar-refractivity contribution in [2.24, 2.45) is 0 Å². The molecule has 1 fully saturated rings. The highest BCUT2D eigenvalue weighted by Crippen LogP contribution is 2.20. The summed E-state index contributed by atoms with van der Waals surface area (Å²) in [5, 5.41) is 18.7. The Bertz CT molecular complexity index is 277. The fourth-order valence-corrected chi connectivity index (χ4v) is 2.65. The quantitative estimate of drug-likeness (QED) is 0.755. The van der Waals surface area contributed by atoms with Crippen molar-refractivity contribution in [3.8, 4) is 0 Å². The molecule has 0 aromatic rings. The van der Waals surface area contributed by atoms with E-state index >= 15 is 0 Å². The summed E-state index contributed by atoms with van der Waals surface area (Å²) >= 11 is 0. The first kappa shape index (κ1) is 16.6. The number of aliphatic hydroxyl groups excluding tert-OH is 2. The monoisotopic (exact) mass is 272 g/mol. The zero-order valence-electron chi connectivity index (χ0n) is 12.3. The molecule has 19 heavy (non-hydrogen) atoms. The van der Waals surface area contributed by atoms with Crippen LogP contribution in [0.25, 0.3) is 0 Å². The molecule has 0 spiro atoms. The Balaban J connectivity index is 0.000000191. The average Bonchev–Trinajstić information content (AvgIpc) is 2.43. The molecule has 0 bridgehead atoms. The van der Waals surface area contributed by atoms with Gasteiger partial charge in [0.25, 0.3) is 0 Å². The highest BCUT2D eigenvalue weighted by Gasteiger charge is 2.22. The third-order valence-corrected chi connectivity index (χ3v) is 4.01. The van der Waals surface area contributed by atoms with Crippen LogP contribution >= 0.6 is 0 Å². The minimum Gasteiger partial charge on any atom is -0.390 e. The van der Waals surface area contributed by atoms with E-state index in [1.54, 1.807) is 14.2 Å². The standard InChI is InChI=1S/C8H14O2.C7H14O2/c1-6-4-3-5-7(10-2)8(6)9;1-9-7-5-3-2-4-6(7)8/h4,7-9H,3,5H2,1-2H3;6-8H,2-5H2,1H3/t;6-,7+/m.1/s1. The molecule has 4 atom stereocenters. The molecule has 2 aliphatic carbocycles. The van der Waals surface area contributed by atoms with Crippen molar-refractivity contribution in [1.29, 1.82) is 0 Å². The lowest BCUT2D eigenvalue weighted by atomic mass is 9.95. The van der Waals surface area contributed by atoms with Crippen molar-refractivity contribution in [1.82, 2.24) is 0 Å². The Morgan fingerprint density at radius 3 is 2.11 bits per heavy atom. The van der Waals surface area contributed by atoms with Crippen molar-refractivity contribution < 1.29 is 19.7 Å². The number of aliphatic hydroxyl groups is 2. The zero-order chi connectivity index (χ0) is 14.3. The molecule has 0 aromatic carbocycles. The molecule has 4 heteroatoms. The van der Waals surface area contributed by atoms with Gasteiger partial charge >= 0.3 is 0 Å². The molecule has 0 aliphatic heterocycles. The van der Waals surface area contributed by atoms with E-state index in [0.29, 0.717) is 0 Å². The minimum absolute atomic E-state index is 0.0185. The van der Waals surface area contributed by atoms with Crippen LogP contribution in [0.1, 0.15) is 45.4 Å². The highest BCUT2D eigenvalue weighted by molar-refractivity contribution is 5.10. The maximum Gasteiger partial charge on any atom is 0.101 e. The van der Waals surface area contributed by atoms with E-state index in [1.807, 2.05) is 6.92 Å². The van der Waals surface area contributed by atoms with Crippen LogP contribution in [-0.2, 0) is 9.47 Å². The maximum absolute atomic E-state index is 9.44. The van der Waals surface area contributed by atoms with Crippen molar-refractivity contribution >= 4 is 0 Å². The average molecular weight is 272 g/mol. The summed E-state index contributed by atoms with van der Waals surface area (Å²) in [7, 11) is 3.31. The number of methoxy groups -OCH3 is 2. The van der Waals surface area contributed by atoms with Gasteiger partial charge in [0.15, 0.2) is 0 Å². The molecular weight excluding hydrogens is 244 g/mol. The van der Waals surface area contributed by atoms with Crippen LogP contribution in [0.4, 0.5) is 0 Å². The minimum atomic E-state index is -0.376. The second-order valence-corrected chi connectivity index (χ2v) is 5.37. The fraction of sp³-hybridized carbons (Fsp3) is 0.867. The molecular formula is C15H28O4. The summed E-state index contributed by atoms with van der Waals surface area (Å²) in [4.78, 5) is 0. The van der Waals surface area contributed by atoms with Crippen LogP contribution < -0.4 is 0 Å². The van der Waals surface area contributed by atoms with Gasteiger partial charge < -0.3 is 19.7 Å². The number of hydrogen-bond donors (Lipinski definition) is 2. The molecule has 2 aliphatic rings. The second kappa shape index (κ2) is 8.69. The van der Waals surface area contributed by atoms with Gasteiger partial charge in [0.1, 0.15) is 6.10 Å². The van der Waals surface area contributed by atoms with Gasteiger partial charge in [-0.05, 0) is 38.2 Å². The summed E-state index contributed by atoms with van der Waals surface area (Å²) < 4.78 is 10.1. The number of ether oxygens (including phenoxy) is 2. The Morgan fingerprint density at radius 1 is 1.00 bits per heavy atom. The Hall–Kier alpha value is -0.420. The summed E-state index contributed by atoms with van der Waals surface area (Å²) in [5.41, 5.74) is 1.04. The topological polar surface area (TPSA) is 58.9 Å². The van der Waals surface area contributed by atoms with Crippen molar-refractivity contribution in [3.05, 3.63) is 11.6 Å². The molecule has 2 rings (SSSR count). The van der Waals surface area contributed by atoms with E-state index in [2.05, 4.69) is 6.08 Å². The van der Waals surface area contributed by atoms with Crippen LogP contribution in [-0.4, -0.2) is 48.8 Å². The van der Waals surface area contributed by atoms with E-state index in [9.17, 15) is 10.2 Å². The Labute approximate surface area is 116 Å². The normalized spacial score (nSPS) is 35.1. The van der Waals surface area contributed by atoms with Gasteiger partial charge in [0, 0.05) is 14.2 Å². The molecule has 0 saturated heterocycles. The largest absolute Gasteiger partial charge is 0.390 e. The van der Waals surface area contributed by atoms with Gasteiger partial charge in [-0.3, -0.25) is 0 Å². The van der Waals surface area contributed by atoms with E-state index in [0.717, 1.165) is 37.7 Å². The maximum atomic E-state index is 9.44. The van der Waals surface area contributed by atoms with E-state index in [4.69, 9.17) is 9.47 Å². The first-order valence-electron chi connectivity index (χ1n) is 7.18. The van der Waals surface area contributed by atoms with E-state index in [-0.39, 0.29) is 24.4 Å². The van der Waals surface area contributed by atoms with Gasteiger partial charge in [0.2, 0.25) is 0 Å². The summed E-state index contributed by atoms with van der Waals surface area (Å²) in [6, 6.07) is 0. The molecule has 0 amide bonds. The van der Waals surface area contributed by atoms with Crippen LogP contribution in [0.2, 0.25) is 0 Å². The van der Waals surface area contributed by atoms with Gasteiger partial charge in [0.05, 0.1) is 18.3 Å². The van der Waals surface area contributed by atoms with E-state index < -0.39 is 0 Å². The molecule has 2 unspecified atom stereocenters. The predicted molar refractivity (Wildman–Crippen MR) is 75.1 cm³/mol. The first-order valence-corrected chi connectivity index (χ1v) is 7.18. The first-order chi connectivity index (χ1) is 9.10. The summed E-state index contributed by atoms with van der Waals surface area (Å²) in [6.45, 7) is 1.94. The second-order valence-electron chi connectivity index (χ2n) is 5.37. The molecule has 112 valence electrons. The molecule has 2 N–H and O–H groups in total. The SMILES string of the molecule is COC1CCC=C(C)C1O.CO[C@H]1CCCC[C@H]1O. The Kier molecular flexibility index (Phi) is 7.61. The third kappa shape index (κ3) is 5.22. The van der Waals surface area contributed by atoms with Crippen molar-refractivity contribution in [2.45, 2.75) is 69.9 Å². The lowest BCUT2D eigenvalue weighted by Gasteiger charge is -2.25. The lowest BCUT2D eigenvalue weighted by molar-refractivity contribution is -0.0359. The summed E-state index contributed by atoms with van der Waals surface area (Å²) in [6.07, 6.45) is 7.88.